The molecule has 0 fully saturated rings. The average molecular weight is 322 g/mol. The van der Waals surface area contributed by atoms with Crippen LogP contribution in [0.25, 0.3) is 6.08 Å². The summed E-state index contributed by atoms with van der Waals surface area (Å²) in [6, 6.07) is 3.80. The summed E-state index contributed by atoms with van der Waals surface area (Å²) in [5, 5.41) is 8.87. The van der Waals surface area contributed by atoms with Gasteiger partial charge in [0.1, 0.15) is 16.5 Å². The average Bonchev–Trinajstić information content (AvgIpc) is 2.35. The van der Waals surface area contributed by atoms with E-state index in [-0.39, 0.29) is 17.1 Å². The van der Waals surface area contributed by atoms with Gasteiger partial charge in [0.05, 0.1) is 11.3 Å². The Balaban J connectivity index is 2.48. The Morgan fingerprint density at radius 1 is 1.33 bits per heavy atom. The van der Waals surface area contributed by atoms with E-state index in [1.54, 1.807) is 0 Å². The van der Waals surface area contributed by atoms with E-state index < -0.39 is 34.5 Å². The molecular formula is C12H9F3O5S. The van der Waals surface area contributed by atoms with E-state index in [0.717, 1.165) is 6.08 Å². The van der Waals surface area contributed by atoms with Crippen LogP contribution in [-0.2, 0) is 21.3 Å². The van der Waals surface area contributed by atoms with Crippen molar-refractivity contribution in [3.05, 3.63) is 34.9 Å². The first kappa shape index (κ1) is 15.4. The summed E-state index contributed by atoms with van der Waals surface area (Å²) in [6.07, 6.45) is -6.57. The third kappa shape index (κ3) is 3.35. The zero-order valence-corrected chi connectivity index (χ0v) is 11.1. The number of carboxylic acids is 1. The van der Waals surface area contributed by atoms with E-state index in [9.17, 15) is 26.4 Å². The van der Waals surface area contributed by atoms with Crippen LogP contribution in [0.4, 0.5) is 13.2 Å². The number of hydrogen-bond acceptors (Lipinski definition) is 4. The molecule has 1 aliphatic rings. The van der Waals surface area contributed by atoms with Crippen LogP contribution in [0.5, 0.6) is 5.75 Å². The molecule has 21 heavy (non-hydrogen) atoms. The smallest absolute Gasteiger partial charge is 0.430 e. The summed E-state index contributed by atoms with van der Waals surface area (Å²) >= 11 is 0. The minimum atomic E-state index is -4.86. The van der Waals surface area contributed by atoms with Crippen molar-refractivity contribution in [1.29, 1.82) is 0 Å². The second-order valence-electron chi connectivity index (χ2n) is 4.31. The van der Waals surface area contributed by atoms with Crippen LogP contribution in [0.2, 0.25) is 0 Å². The number of fused-ring (bicyclic) bond motifs is 1. The number of carbonyl (C=O) groups is 1. The number of halogens is 3. The van der Waals surface area contributed by atoms with E-state index in [0.29, 0.717) is 5.56 Å². The van der Waals surface area contributed by atoms with Gasteiger partial charge in [-0.3, -0.25) is 0 Å². The Hall–Kier alpha value is -2.03. The Kier molecular flexibility index (Phi) is 3.95. The molecule has 0 unspecified atom stereocenters. The maximum atomic E-state index is 12.8. The predicted molar refractivity (Wildman–Crippen MR) is 66.5 cm³/mol. The molecule has 1 atom stereocenters. The number of benzene rings is 1. The molecule has 1 aliphatic heterocycles. The third-order valence-electron chi connectivity index (χ3n) is 2.77. The summed E-state index contributed by atoms with van der Waals surface area (Å²) < 4.78 is 64.3. The second kappa shape index (κ2) is 5.40. The van der Waals surface area contributed by atoms with Crippen LogP contribution in [0.15, 0.2) is 23.8 Å². The topological polar surface area (TPSA) is 80.7 Å². The highest BCUT2D eigenvalue weighted by molar-refractivity contribution is 7.71. The lowest BCUT2D eigenvalue weighted by Crippen LogP contribution is -2.40. The molecule has 5 nitrogen and oxygen atoms in total. The van der Waals surface area contributed by atoms with E-state index in [1.807, 2.05) is 0 Å². The minimum absolute atomic E-state index is 0.0993. The fraction of sp³-hybridized carbons (Fsp3) is 0.250. The number of rotatable bonds is 3. The molecule has 0 aromatic heterocycles. The molecule has 2 rings (SSSR count). The van der Waals surface area contributed by atoms with Crippen molar-refractivity contribution in [3.63, 3.8) is 0 Å². The number of aliphatic carboxylic acids is 1. The lowest BCUT2D eigenvalue weighted by Gasteiger charge is -2.27. The summed E-state index contributed by atoms with van der Waals surface area (Å²) in [6.45, 7) is 0. The molecule has 0 radical (unpaired) electrons. The Morgan fingerprint density at radius 3 is 2.52 bits per heavy atom. The van der Waals surface area contributed by atoms with E-state index in [2.05, 4.69) is 0 Å². The summed E-state index contributed by atoms with van der Waals surface area (Å²) in [4.78, 5) is 10.9. The van der Waals surface area contributed by atoms with Gasteiger partial charge in [-0.1, -0.05) is 6.07 Å². The zero-order valence-electron chi connectivity index (χ0n) is 10.3. The quantitative estimate of drug-likeness (QED) is 0.826. The van der Waals surface area contributed by atoms with E-state index >= 15 is 0 Å². The van der Waals surface area contributed by atoms with Crippen molar-refractivity contribution in [2.45, 2.75) is 18.0 Å². The van der Waals surface area contributed by atoms with Gasteiger partial charge >= 0.3 is 12.1 Å². The zero-order chi connectivity index (χ0) is 15.8. The highest BCUT2D eigenvalue weighted by Gasteiger charge is 2.48. The third-order valence-corrected chi connectivity index (χ3v) is 3.39. The van der Waals surface area contributed by atoms with E-state index in [1.165, 1.54) is 18.2 Å². The molecule has 0 spiro atoms. The Labute approximate surface area is 118 Å². The van der Waals surface area contributed by atoms with Crippen LogP contribution >= 0.6 is 0 Å². The molecular weight excluding hydrogens is 313 g/mol. The van der Waals surface area contributed by atoms with Gasteiger partial charge in [0.2, 0.25) is 6.10 Å². The van der Waals surface area contributed by atoms with Crippen molar-refractivity contribution in [2.24, 2.45) is 0 Å². The molecule has 1 N–H and O–H groups in total. The Bertz CT molecular complexity index is 683. The van der Waals surface area contributed by atoms with Crippen LogP contribution < -0.4 is 4.74 Å². The molecule has 1 aromatic rings. The highest BCUT2D eigenvalue weighted by Crippen LogP contribution is 2.37. The number of ether oxygens (including phenoxy) is 1. The molecule has 1 aromatic carbocycles. The number of thiol groups is 1. The number of carboxylic acid groups (broad SMARTS) is 1. The Morgan fingerprint density at radius 2 is 2.00 bits per heavy atom. The first-order valence-electron chi connectivity index (χ1n) is 5.61. The molecule has 0 bridgehead atoms. The van der Waals surface area contributed by atoms with Gasteiger partial charge in [-0.2, -0.15) is 13.2 Å². The fourth-order valence-corrected chi connectivity index (χ4v) is 2.41. The van der Waals surface area contributed by atoms with Crippen molar-refractivity contribution in [1.82, 2.24) is 0 Å². The van der Waals surface area contributed by atoms with Gasteiger partial charge in [-0.05, 0) is 23.8 Å². The second-order valence-corrected chi connectivity index (χ2v) is 5.29. The first-order chi connectivity index (χ1) is 9.68. The molecule has 1 heterocycles. The monoisotopic (exact) mass is 322 g/mol. The minimum Gasteiger partial charge on any atom is -0.478 e. The number of hydrogen-bond donors (Lipinski definition) is 2. The molecule has 0 amide bonds. The molecule has 0 saturated heterocycles. The predicted octanol–water partition coefficient (Wildman–Crippen LogP) is 1.59. The lowest BCUT2D eigenvalue weighted by molar-refractivity contribution is -0.187. The normalized spacial score (nSPS) is 17.9. The standard InChI is InChI=1S/C12H9F3O5S/c13-12(14,15)10-8(11(16)17)4-7-3-6(5-21(18)19)1-2-9(7)20-10/h1-4,10,21H,5H2,(H,16,17)/t10-/m0/s1. The summed E-state index contributed by atoms with van der Waals surface area (Å²) in [5.41, 5.74) is -0.513. The lowest BCUT2D eigenvalue weighted by atomic mass is 10.00. The fourth-order valence-electron chi connectivity index (χ4n) is 1.92. The van der Waals surface area contributed by atoms with Crippen molar-refractivity contribution < 1.29 is 36.2 Å². The van der Waals surface area contributed by atoms with Crippen LogP contribution in [-0.4, -0.2) is 31.8 Å². The van der Waals surface area contributed by atoms with Gasteiger partial charge in [0, 0.05) is 5.56 Å². The first-order valence-corrected chi connectivity index (χ1v) is 6.97. The molecule has 9 heteroatoms. The van der Waals surface area contributed by atoms with Crippen molar-refractivity contribution in [3.8, 4) is 5.75 Å². The van der Waals surface area contributed by atoms with Crippen LogP contribution in [0, 0.1) is 0 Å². The SMILES string of the molecule is O=C(O)C1=Cc2cc(C[SH](=O)=O)ccc2O[C@@H]1C(F)(F)F. The van der Waals surface area contributed by atoms with Gasteiger partial charge < -0.3 is 9.84 Å². The van der Waals surface area contributed by atoms with Gasteiger partial charge in [0.15, 0.2) is 0 Å². The largest absolute Gasteiger partial charge is 0.478 e. The maximum Gasteiger partial charge on any atom is 0.430 e. The molecule has 114 valence electrons. The van der Waals surface area contributed by atoms with Gasteiger partial charge in [-0.25, -0.2) is 13.2 Å². The highest BCUT2D eigenvalue weighted by atomic mass is 32.2. The van der Waals surface area contributed by atoms with Crippen LogP contribution in [0.3, 0.4) is 0 Å². The van der Waals surface area contributed by atoms with Gasteiger partial charge in [-0.15, -0.1) is 0 Å². The summed E-state index contributed by atoms with van der Waals surface area (Å²) in [5.74, 6) is -2.18. The molecule has 0 saturated carbocycles. The number of alkyl halides is 3. The van der Waals surface area contributed by atoms with Crippen LogP contribution in [0.1, 0.15) is 11.1 Å². The summed E-state index contributed by atoms with van der Waals surface area (Å²) in [7, 11) is -2.70. The van der Waals surface area contributed by atoms with E-state index in [4.69, 9.17) is 9.84 Å². The van der Waals surface area contributed by atoms with Crippen molar-refractivity contribution in [2.75, 3.05) is 0 Å². The maximum absolute atomic E-state index is 12.8. The molecule has 0 aliphatic carbocycles. The van der Waals surface area contributed by atoms with Crippen molar-refractivity contribution >= 4 is 22.7 Å². The van der Waals surface area contributed by atoms with Gasteiger partial charge in [0.25, 0.3) is 0 Å².